The molecule has 3 rings (SSSR count). The van der Waals surface area contributed by atoms with Gasteiger partial charge in [0.05, 0.1) is 25.7 Å². The van der Waals surface area contributed by atoms with Crippen molar-refractivity contribution in [3.8, 4) is 0 Å². The predicted octanol–water partition coefficient (Wildman–Crippen LogP) is 1.08. The highest BCUT2D eigenvalue weighted by molar-refractivity contribution is 7.07. The van der Waals surface area contributed by atoms with Gasteiger partial charge in [-0.25, -0.2) is 0 Å². The fourth-order valence-electron chi connectivity index (χ4n) is 3.05. The Labute approximate surface area is 118 Å². The second-order valence-corrected chi connectivity index (χ2v) is 6.41. The van der Waals surface area contributed by atoms with Crippen molar-refractivity contribution in [2.24, 2.45) is 5.92 Å². The van der Waals surface area contributed by atoms with Crippen LogP contribution in [-0.4, -0.2) is 61.6 Å². The summed E-state index contributed by atoms with van der Waals surface area (Å²) in [5, 5.41) is 4.09. The van der Waals surface area contributed by atoms with E-state index >= 15 is 0 Å². The molecule has 0 saturated carbocycles. The van der Waals surface area contributed by atoms with Gasteiger partial charge in [0, 0.05) is 25.6 Å². The molecule has 5 heteroatoms. The maximum atomic E-state index is 12.5. The zero-order valence-electron chi connectivity index (χ0n) is 11.2. The molecule has 1 aromatic rings. The molecule has 104 valence electrons. The summed E-state index contributed by atoms with van der Waals surface area (Å²) in [5.41, 5.74) is 1.13. The van der Waals surface area contributed by atoms with E-state index in [2.05, 4.69) is 22.2 Å². The summed E-state index contributed by atoms with van der Waals surface area (Å²) in [5.74, 6) is 0.693. The Balaban J connectivity index is 1.73. The Kier molecular flexibility index (Phi) is 3.86. The van der Waals surface area contributed by atoms with Crippen molar-refractivity contribution in [1.82, 2.24) is 9.80 Å². The van der Waals surface area contributed by atoms with Gasteiger partial charge in [0.25, 0.3) is 0 Å². The molecule has 2 saturated heterocycles. The molecule has 0 unspecified atom stereocenters. The number of likely N-dealkylation sites (N-methyl/N-ethyl adjacent to an activating group) is 1. The van der Waals surface area contributed by atoms with E-state index in [-0.39, 0.29) is 11.9 Å². The smallest absolute Gasteiger partial charge is 0.227 e. The summed E-state index contributed by atoms with van der Waals surface area (Å²) in [6.45, 7) is 4.25. The van der Waals surface area contributed by atoms with E-state index < -0.39 is 0 Å². The Hall–Kier alpha value is -0.910. The van der Waals surface area contributed by atoms with E-state index in [1.165, 1.54) is 0 Å². The standard InChI is InChI=1S/C14H20N2O2S/c1-15-5-12-6-16(13(7-15)9-18-8-12)14(17)4-11-2-3-19-10-11/h2-3,10,12-13H,4-9H2,1H3/t12-,13-/m0/s1. The Bertz CT molecular complexity index is 435. The lowest BCUT2D eigenvalue weighted by Gasteiger charge is -2.29. The van der Waals surface area contributed by atoms with Gasteiger partial charge in [0.15, 0.2) is 0 Å². The molecule has 0 spiro atoms. The van der Waals surface area contributed by atoms with E-state index in [9.17, 15) is 4.79 Å². The van der Waals surface area contributed by atoms with E-state index in [1.807, 2.05) is 11.4 Å². The lowest BCUT2D eigenvalue weighted by molar-refractivity contribution is -0.133. The normalized spacial score (nSPS) is 28.2. The molecule has 4 nitrogen and oxygen atoms in total. The van der Waals surface area contributed by atoms with Crippen molar-refractivity contribution in [1.29, 1.82) is 0 Å². The minimum atomic E-state index is 0.212. The van der Waals surface area contributed by atoms with Crippen LogP contribution in [0.5, 0.6) is 0 Å². The van der Waals surface area contributed by atoms with Crippen molar-refractivity contribution < 1.29 is 9.53 Å². The number of ether oxygens (including phenoxy) is 1. The second-order valence-electron chi connectivity index (χ2n) is 5.63. The molecule has 2 fully saturated rings. The van der Waals surface area contributed by atoms with Crippen molar-refractivity contribution in [2.45, 2.75) is 12.5 Å². The van der Waals surface area contributed by atoms with E-state index in [4.69, 9.17) is 4.74 Å². The first-order valence-electron chi connectivity index (χ1n) is 6.79. The highest BCUT2D eigenvalue weighted by atomic mass is 32.1. The third kappa shape index (κ3) is 2.99. The maximum absolute atomic E-state index is 12.5. The SMILES string of the molecule is CN1C[C@@H]2COC[C@H](C1)N(C(=O)Cc1ccsc1)C2. The second kappa shape index (κ2) is 5.61. The lowest BCUT2D eigenvalue weighted by atomic mass is 10.1. The van der Waals surface area contributed by atoms with Gasteiger partial charge in [-0.15, -0.1) is 0 Å². The predicted molar refractivity (Wildman–Crippen MR) is 75.3 cm³/mol. The summed E-state index contributed by atoms with van der Waals surface area (Å²) in [7, 11) is 2.14. The first-order valence-corrected chi connectivity index (χ1v) is 7.73. The number of carbonyl (C=O) groups excluding carboxylic acids is 1. The molecule has 0 aromatic carbocycles. The highest BCUT2D eigenvalue weighted by Crippen LogP contribution is 2.20. The van der Waals surface area contributed by atoms with Crippen LogP contribution < -0.4 is 0 Å². The number of hydrogen-bond donors (Lipinski definition) is 0. The summed E-state index contributed by atoms with van der Waals surface area (Å²) in [4.78, 5) is 16.9. The van der Waals surface area contributed by atoms with Crippen molar-refractivity contribution in [3.05, 3.63) is 22.4 Å². The third-order valence-electron chi connectivity index (χ3n) is 3.91. The van der Waals surface area contributed by atoms with Gasteiger partial charge in [-0.2, -0.15) is 11.3 Å². The highest BCUT2D eigenvalue weighted by Gasteiger charge is 2.34. The molecule has 2 bridgehead atoms. The number of rotatable bonds is 2. The molecule has 0 N–H and O–H groups in total. The van der Waals surface area contributed by atoms with Gasteiger partial charge in [-0.3, -0.25) is 4.79 Å². The molecule has 3 heterocycles. The van der Waals surface area contributed by atoms with E-state index in [0.29, 0.717) is 18.9 Å². The van der Waals surface area contributed by atoms with Crippen LogP contribution in [-0.2, 0) is 16.0 Å². The largest absolute Gasteiger partial charge is 0.379 e. The quantitative estimate of drug-likeness (QED) is 0.813. The van der Waals surface area contributed by atoms with E-state index in [1.54, 1.807) is 11.3 Å². The van der Waals surface area contributed by atoms with Crippen LogP contribution in [0.2, 0.25) is 0 Å². The van der Waals surface area contributed by atoms with Crippen molar-refractivity contribution in [2.75, 3.05) is 39.9 Å². The van der Waals surface area contributed by atoms with Crippen molar-refractivity contribution in [3.63, 3.8) is 0 Å². The first-order chi connectivity index (χ1) is 9.22. The molecular formula is C14H20N2O2S. The molecule has 2 atom stereocenters. The molecule has 1 aromatic heterocycles. The topological polar surface area (TPSA) is 32.8 Å². The van der Waals surface area contributed by atoms with Crippen LogP contribution in [0, 0.1) is 5.92 Å². The van der Waals surface area contributed by atoms with Gasteiger partial charge in [0.2, 0.25) is 5.91 Å². The molecule has 0 aliphatic carbocycles. The molecule has 2 aliphatic heterocycles. The van der Waals surface area contributed by atoms with Crippen LogP contribution in [0.15, 0.2) is 16.8 Å². The van der Waals surface area contributed by atoms with Gasteiger partial charge in [-0.1, -0.05) is 0 Å². The number of fused-ring (bicyclic) bond motifs is 3. The number of thiophene rings is 1. The third-order valence-corrected chi connectivity index (χ3v) is 4.64. The molecule has 1 amide bonds. The van der Waals surface area contributed by atoms with Crippen LogP contribution in [0.3, 0.4) is 0 Å². The van der Waals surface area contributed by atoms with Crippen LogP contribution >= 0.6 is 11.3 Å². The van der Waals surface area contributed by atoms with Crippen molar-refractivity contribution >= 4 is 17.2 Å². The van der Waals surface area contributed by atoms with Gasteiger partial charge in [0.1, 0.15) is 0 Å². The minimum absolute atomic E-state index is 0.212. The fraction of sp³-hybridized carbons (Fsp3) is 0.643. The number of amides is 1. The summed E-state index contributed by atoms with van der Waals surface area (Å²) in [6.07, 6.45) is 0.524. The van der Waals surface area contributed by atoms with E-state index in [0.717, 1.165) is 31.8 Å². The number of hydrogen-bond acceptors (Lipinski definition) is 4. The first kappa shape index (κ1) is 13.1. The minimum Gasteiger partial charge on any atom is -0.379 e. The Morgan fingerprint density at radius 1 is 1.42 bits per heavy atom. The summed E-state index contributed by atoms with van der Waals surface area (Å²) >= 11 is 1.65. The fourth-order valence-corrected chi connectivity index (χ4v) is 3.72. The zero-order chi connectivity index (χ0) is 13.2. The molecular weight excluding hydrogens is 260 g/mol. The van der Waals surface area contributed by atoms with Gasteiger partial charge < -0.3 is 14.5 Å². The average Bonchev–Trinajstić information content (AvgIpc) is 2.70. The molecule has 19 heavy (non-hydrogen) atoms. The van der Waals surface area contributed by atoms with Crippen LogP contribution in [0.1, 0.15) is 5.56 Å². The zero-order valence-corrected chi connectivity index (χ0v) is 12.1. The lowest BCUT2D eigenvalue weighted by Crippen LogP contribution is -2.46. The molecule has 0 radical (unpaired) electrons. The maximum Gasteiger partial charge on any atom is 0.227 e. The monoisotopic (exact) mass is 280 g/mol. The number of carbonyl (C=O) groups is 1. The van der Waals surface area contributed by atoms with Gasteiger partial charge in [-0.05, 0) is 29.4 Å². The van der Waals surface area contributed by atoms with Crippen LogP contribution in [0.4, 0.5) is 0 Å². The summed E-state index contributed by atoms with van der Waals surface area (Å²) < 4.78 is 5.71. The Morgan fingerprint density at radius 2 is 2.32 bits per heavy atom. The van der Waals surface area contributed by atoms with Crippen LogP contribution in [0.25, 0.3) is 0 Å². The molecule has 2 aliphatic rings. The van der Waals surface area contributed by atoms with Gasteiger partial charge >= 0.3 is 0 Å². The Morgan fingerprint density at radius 3 is 3.11 bits per heavy atom. The average molecular weight is 280 g/mol. The summed E-state index contributed by atoms with van der Waals surface area (Å²) in [6, 6.07) is 2.25. The number of nitrogens with zero attached hydrogens (tertiary/aromatic N) is 2.